The molecule has 0 atom stereocenters. The van der Waals surface area contributed by atoms with Crippen LogP contribution in [-0.2, 0) is 0 Å². The standard InChI is InChI=1S/C8H11BN/c1-6-4-7(2)10(9)8(3)5-6/h4-5H,1-3H3/q+1. The van der Waals surface area contributed by atoms with Crippen LogP contribution in [0.25, 0.3) is 0 Å². The topological polar surface area (TPSA) is 3.88 Å². The van der Waals surface area contributed by atoms with E-state index < -0.39 is 0 Å². The Morgan fingerprint density at radius 3 is 1.90 bits per heavy atom. The first-order chi connectivity index (χ1) is 4.61. The molecule has 0 saturated heterocycles. The van der Waals surface area contributed by atoms with Gasteiger partial charge >= 0.3 is 7.98 Å². The summed E-state index contributed by atoms with van der Waals surface area (Å²) in [7, 11) is 5.67. The molecule has 0 fully saturated rings. The monoisotopic (exact) mass is 132 g/mol. The molecule has 2 radical (unpaired) electrons. The summed E-state index contributed by atoms with van der Waals surface area (Å²) in [6.07, 6.45) is 0. The highest BCUT2D eigenvalue weighted by atomic mass is 14.9. The van der Waals surface area contributed by atoms with Gasteiger partial charge in [0.2, 0.25) is 0 Å². The minimum absolute atomic E-state index is 1.09. The Kier molecular flexibility index (Phi) is 1.79. The van der Waals surface area contributed by atoms with Crippen LogP contribution in [0.4, 0.5) is 0 Å². The lowest BCUT2D eigenvalue weighted by Crippen LogP contribution is -2.38. The average Bonchev–Trinajstić information content (AvgIpc) is 1.82. The lowest BCUT2D eigenvalue weighted by Gasteiger charge is -1.99. The fourth-order valence-corrected chi connectivity index (χ4v) is 1.12. The second-order valence-electron chi connectivity index (χ2n) is 2.69. The van der Waals surface area contributed by atoms with E-state index in [1.807, 2.05) is 13.8 Å². The van der Waals surface area contributed by atoms with E-state index in [0.717, 1.165) is 11.4 Å². The fraction of sp³-hybridized carbons (Fsp3) is 0.375. The Morgan fingerprint density at radius 2 is 1.50 bits per heavy atom. The minimum atomic E-state index is 1.09. The molecule has 0 N–H and O–H groups in total. The van der Waals surface area contributed by atoms with Crippen molar-refractivity contribution in [2.45, 2.75) is 20.8 Å². The molecular formula is C8H11BN+. The zero-order chi connectivity index (χ0) is 7.72. The van der Waals surface area contributed by atoms with Crippen molar-refractivity contribution >= 4 is 7.98 Å². The van der Waals surface area contributed by atoms with Crippen molar-refractivity contribution in [1.29, 1.82) is 0 Å². The van der Waals surface area contributed by atoms with Gasteiger partial charge in [0.05, 0.1) is 0 Å². The average molecular weight is 132 g/mol. The predicted molar refractivity (Wildman–Crippen MR) is 42.0 cm³/mol. The van der Waals surface area contributed by atoms with Gasteiger partial charge in [0, 0.05) is 26.0 Å². The molecule has 0 aliphatic rings. The normalized spacial score (nSPS) is 9.90. The van der Waals surface area contributed by atoms with Crippen molar-refractivity contribution in [3.8, 4) is 0 Å². The van der Waals surface area contributed by atoms with E-state index in [2.05, 4.69) is 19.1 Å². The summed E-state index contributed by atoms with van der Waals surface area (Å²) in [5.41, 5.74) is 3.45. The summed E-state index contributed by atoms with van der Waals surface area (Å²) in [6, 6.07) is 4.12. The van der Waals surface area contributed by atoms with Crippen LogP contribution in [-0.4, -0.2) is 7.98 Å². The third-order valence-electron chi connectivity index (χ3n) is 1.63. The largest absolute Gasteiger partial charge is 0.586 e. The van der Waals surface area contributed by atoms with Gasteiger partial charge in [-0.25, -0.2) is 0 Å². The zero-order valence-electron chi connectivity index (χ0n) is 6.68. The molecule has 10 heavy (non-hydrogen) atoms. The Bertz CT molecular complexity index is 232. The second-order valence-corrected chi connectivity index (χ2v) is 2.69. The summed E-state index contributed by atoms with van der Waals surface area (Å²) >= 11 is 0. The SMILES string of the molecule is [B][n+]1c(C)cc(C)cc1C. The van der Waals surface area contributed by atoms with Gasteiger partial charge in [-0.1, -0.05) is 0 Å². The molecule has 50 valence electrons. The van der Waals surface area contributed by atoms with Gasteiger partial charge in [-0.15, -0.1) is 0 Å². The van der Waals surface area contributed by atoms with Gasteiger partial charge in [0.15, 0.2) is 11.4 Å². The lowest BCUT2D eigenvalue weighted by molar-refractivity contribution is -0.537. The van der Waals surface area contributed by atoms with Crippen LogP contribution >= 0.6 is 0 Å². The maximum Gasteiger partial charge on any atom is 0.586 e. The second kappa shape index (κ2) is 2.45. The molecule has 2 heteroatoms. The maximum atomic E-state index is 5.67. The van der Waals surface area contributed by atoms with Crippen molar-refractivity contribution < 1.29 is 4.48 Å². The molecule has 0 aromatic carbocycles. The maximum absolute atomic E-state index is 5.67. The number of nitrogens with zero attached hydrogens (tertiary/aromatic N) is 1. The number of aromatic nitrogens is 1. The van der Waals surface area contributed by atoms with E-state index >= 15 is 0 Å². The van der Waals surface area contributed by atoms with Gasteiger partial charge in [0.1, 0.15) is 0 Å². The van der Waals surface area contributed by atoms with Crippen LogP contribution < -0.4 is 4.48 Å². The Labute approximate surface area is 63.1 Å². The minimum Gasteiger partial charge on any atom is -0.288 e. The third-order valence-corrected chi connectivity index (χ3v) is 1.63. The number of pyridine rings is 1. The van der Waals surface area contributed by atoms with E-state index in [1.54, 1.807) is 4.48 Å². The third kappa shape index (κ3) is 1.20. The summed E-state index contributed by atoms with van der Waals surface area (Å²) in [5, 5.41) is 0. The van der Waals surface area contributed by atoms with Gasteiger partial charge < -0.3 is 0 Å². The summed E-state index contributed by atoms with van der Waals surface area (Å²) in [4.78, 5) is 0. The van der Waals surface area contributed by atoms with Crippen molar-refractivity contribution in [3.63, 3.8) is 0 Å². The van der Waals surface area contributed by atoms with Gasteiger partial charge in [-0.3, -0.25) is 4.48 Å². The number of hydrogen-bond donors (Lipinski definition) is 0. The number of hydrogen-bond acceptors (Lipinski definition) is 0. The van der Waals surface area contributed by atoms with Gasteiger partial charge in [-0.05, 0) is 12.5 Å². The van der Waals surface area contributed by atoms with Crippen LogP contribution in [0.3, 0.4) is 0 Å². The Morgan fingerprint density at radius 1 is 1.10 bits per heavy atom. The first-order valence-electron chi connectivity index (χ1n) is 3.36. The molecule has 1 nitrogen and oxygen atoms in total. The van der Waals surface area contributed by atoms with Gasteiger partial charge in [-0.2, -0.15) is 0 Å². The van der Waals surface area contributed by atoms with Crippen molar-refractivity contribution in [2.24, 2.45) is 0 Å². The fourth-order valence-electron chi connectivity index (χ4n) is 1.12. The van der Waals surface area contributed by atoms with Crippen LogP contribution in [0.2, 0.25) is 0 Å². The van der Waals surface area contributed by atoms with Crippen molar-refractivity contribution in [3.05, 3.63) is 29.1 Å². The molecule has 1 aromatic rings. The predicted octanol–water partition coefficient (Wildman–Crippen LogP) is 0.831. The quantitative estimate of drug-likeness (QED) is 0.460. The highest BCUT2D eigenvalue weighted by Gasteiger charge is 2.04. The Hall–Kier alpha value is -0.785. The smallest absolute Gasteiger partial charge is 0.288 e. The molecule has 0 unspecified atom stereocenters. The summed E-state index contributed by atoms with van der Waals surface area (Å²) in [6.45, 7) is 6.07. The van der Waals surface area contributed by atoms with Crippen LogP contribution in [0.15, 0.2) is 12.1 Å². The highest BCUT2D eigenvalue weighted by Crippen LogP contribution is 1.99. The van der Waals surface area contributed by atoms with E-state index in [1.165, 1.54) is 5.56 Å². The molecule has 1 aromatic heterocycles. The number of rotatable bonds is 0. The van der Waals surface area contributed by atoms with E-state index in [0.29, 0.717) is 0 Å². The highest BCUT2D eigenvalue weighted by molar-refractivity contribution is 5.95. The first kappa shape index (κ1) is 7.32. The van der Waals surface area contributed by atoms with E-state index in [-0.39, 0.29) is 0 Å². The molecule has 0 bridgehead atoms. The molecule has 0 aliphatic carbocycles. The molecular weight excluding hydrogens is 121 g/mol. The summed E-state index contributed by atoms with van der Waals surface area (Å²) < 4.78 is 1.69. The first-order valence-corrected chi connectivity index (χ1v) is 3.36. The lowest BCUT2D eigenvalue weighted by atomic mass is 10.1. The van der Waals surface area contributed by atoms with Crippen LogP contribution in [0.1, 0.15) is 17.0 Å². The molecule has 1 rings (SSSR count). The van der Waals surface area contributed by atoms with Crippen LogP contribution in [0, 0.1) is 20.8 Å². The Balaban J connectivity index is 3.31. The zero-order valence-corrected chi connectivity index (χ0v) is 6.68. The molecule has 1 heterocycles. The van der Waals surface area contributed by atoms with E-state index in [4.69, 9.17) is 7.98 Å². The molecule has 0 aliphatic heterocycles. The van der Waals surface area contributed by atoms with Gasteiger partial charge in [0.25, 0.3) is 0 Å². The summed E-state index contributed by atoms with van der Waals surface area (Å²) in [5.74, 6) is 0. The molecule has 0 saturated carbocycles. The molecule has 0 amide bonds. The van der Waals surface area contributed by atoms with Crippen molar-refractivity contribution in [1.82, 2.24) is 0 Å². The van der Waals surface area contributed by atoms with Crippen LogP contribution in [0.5, 0.6) is 0 Å². The molecule has 0 spiro atoms. The van der Waals surface area contributed by atoms with E-state index in [9.17, 15) is 0 Å². The van der Waals surface area contributed by atoms with Crippen molar-refractivity contribution in [2.75, 3.05) is 0 Å². The number of aryl methyl sites for hydroxylation is 3.